The number of anilines is 1. The second-order valence-corrected chi connectivity index (χ2v) is 3.97. The Bertz CT molecular complexity index is 537. The molecule has 2 aromatic heterocycles. The fourth-order valence-corrected chi connectivity index (χ4v) is 2.37. The highest BCUT2D eigenvalue weighted by molar-refractivity contribution is 7.21. The minimum Gasteiger partial charge on any atom is -0.397 e. The molecule has 2 aromatic rings. The number of nitrogens with one attached hydrogen (secondary N) is 1. The summed E-state index contributed by atoms with van der Waals surface area (Å²) < 4.78 is 13.9. The van der Waals surface area contributed by atoms with E-state index >= 15 is 0 Å². The number of hydrogen-bond acceptors (Lipinski definition) is 4. The van der Waals surface area contributed by atoms with E-state index in [1.165, 1.54) is 13.2 Å². The SMILES string of the molecule is CNC(=O)c1sc2cncc(F)c2c1N. The molecule has 2 rings (SSSR count). The van der Waals surface area contributed by atoms with Crippen molar-refractivity contribution >= 4 is 33.0 Å². The van der Waals surface area contributed by atoms with E-state index in [1.54, 1.807) is 0 Å². The van der Waals surface area contributed by atoms with Gasteiger partial charge in [-0.25, -0.2) is 4.39 Å². The van der Waals surface area contributed by atoms with Gasteiger partial charge in [-0.15, -0.1) is 11.3 Å². The van der Waals surface area contributed by atoms with Gasteiger partial charge in [-0.2, -0.15) is 0 Å². The van der Waals surface area contributed by atoms with Gasteiger partial charge in [-0.1, -0.05) is 0 Å². The van der Waals surface area contributed by atoms with Crippen LogP contribution in [0.25, 0.3) is 10.1 Å². The molecule has 0 radical (unpaired) electrons. The van der Waals surface area contributed by atoms with Crippen LogP contribution >= 0.6 is 11.3 Å². The van der Waals surface area contributed by atoms with E-state index in [4.69, 9.17) is 5.73 Å². The number of halogens is 1. The molecule has 6 heteroatoms. The van der Waals surface area contributed by atoms with E-state index < -0.39 is 5.82 Å². The summed E-state index contributed by atoms with van der Waals surface area (Å²) in [4.78, 5) is 15.4. The average molecular weight is 225 g/mol. The van der Waals surface area contributed by atoms with Crippen molar-refractivity contribution in [3.63, 3.8) is 0 Å². The molecule has 0 aliphatic carbocycles. The fraction of sp³-hybridized carbons (Fsp3) is 0.111. The Hall–Kier alpha value is -1.69. The Morgan fingerprint density at radius 3 is 2.93 bits per heavy atom. The van der Waals surface area contributed by atoms with E-state index in [2.05, 4.69) is 10.3 Å². The first-order valence-electron chi connectivity index (χ1n) is 4.18. The fourth-order valence-electron chi connectivity index (χ4n) is 1.32. The zero-order chi connectivity index (χ0) is 11.0. The van der Waals surface area contributed by atoms with E-state index in [9.17, 15) is 9.18 Å². The molecular weight excluding hydrogens is 217 g/mol. The van der Waals surface area contributed by atoms with Gasteiger partial charge in [0, 0.05) is 13.2 Å². The van der Waals surface area contributed by atoms with Crippen LogP contribution in [0.15, 0.2) is 12.4 Å². The topological polar surface area (TPSA) is 68.0 Å². The molecule has 0 atom stereocenters. The molecule has 0 unspecified atom stereocenters. The molecule has 0 saturated heterocycles. The lowest BCUT2D eigenvalue weighted by molar-refractivity contribution is 0.0968. The van der Waals surface area contributed by atoms with Crippen molar-refractivity contribution in [2.45, 2.75) is 0 Å². The largest absolute Gasteiger partial charge is 0.397 e. The second-order valence-electron chi connectivity index (χ2n) is 2.92. The van der Waals surface area contributed by atoms with Gasteiger partial charge in [0.1, 0.15) is 4.88 Å². The van der Waals surface area contributed by atoms with Gasteiger partial charge in [0.2, 0.25) is 0 Å². The number of pyridine rings is 1. The predicted octanol–water partition coefficient (Wildman–Crippen LogP) is 1.38. The van der Waals surface area contributed by atoms with Gasteiger partial charge in [0.15, 0.2) is 5.82 Å². The number of nitrogen functional groups attached to an aromatic ring is 1. The molecule has 2 heterocycles. The molecule has 15 heavy (non-hydrogen) atoms. The van der Waals surface area contributed by atoms with Crippen molar-refractivity contribution < 1.29 is 9.18 Å². The maximum absolute atomic E-state index is 13.4. The zero-order valence-corrected chi connectivity index (χ0v) is 8.69. The van der Waals surface area contributed by atoms with Crippen LogP contribution in [0.5, 0.6) is 0 Å². The Morgan fingerprint density at radius 1 is 1.60 bits per heavy atom. The van der Waals surface area contributed by atoms with Crippen molar-refractivity contribution in [1.29, 1.82) is 0 Å². The third-order valence-corrected chi connectivity index (χ3v) is 3.16. The van der Waals surface area contributed by atoms with Crippen LogP contribution in [0.4, 0.5) is 10.1 Å². The summed E-state index contributed by atoms with van der Waals surface area (Å²) in [5, 5.41) is 2.72. The molecule has 1 amide bonds. The van der Waals surface area contributed by atoms with Gasteiger partial charge in [-0.3, -0.25) is 9.78 Å². The zero-order valence-electron chi connectivity index (χ0n) is 7.87. The monoisotopic (exact) mass is 225 g/mol. The molecule has 0 saturated carbocycles. The first-order chi connectivity index (χ1) is 7.15. The number of aromatic nitrogens is 1. The minimum atomic E-state index is -0.503. The first kappa shape index (κ1) is 9.85. The number of hydrogen-bond donors (Lipinski definition) is 2. The Labute approximate surface area is 88.9 Å². The number of carbonyl (C=O) groups is 1. The van der Waals surface area contributed by atoms with Crippen molar-refractivity contribution in [3.05, 3.63) is 23.1 Å². The summed E-state index contributed by atoms with van der Waals surface area (Å²) in [6.45, 7) is 0. The highest BCUT2D eigenvalue weighted by Gasteiger charge is 2.17. The van der Waals surface area contributed by atoms with E-state index in [0.29, 0.717) is 9.58 Å². The van der Waals surface area contributed by atoms with Crippen molar-refractivity contribution in [2.24, 2.45) is 0 Å². The van der Waals surface area contributed by atoms with Crippen LogP contribution in [0, 0.1) is 5.82 Å². The van der Waals surface area contributed by atoms with Crippen molar-refractivity contribution in [1.82, 2.24) is 10.3 Å². The summed E-state index contributed by atoms with van der Waals surface area (Å²) in [7, 11) is 1.50. The Morgan fingerprint density at radius 2 is 2.33 bits per heavy atom. The molecular formula is C9H8FN3OS. The van der Waals surface area contributed by atoms with Gasteiger partial charge in [0.25, 0.3) is 5.91 Å². The maximum Gasteiger partial charge on any atom is 0.263 e. The van der Waals surface area contributed by atoms with Crippen LogP contribution in [-0.4, -0.2) is 17.9 Å². The first-order valence-corrected chi connectivity index (χ1v) is 5.00. The maximum atomic E-state index is 13.4. The predicted molar refractivity (Wildman–Crippen MR) is 57.4 cm³/mol. The van der Waals surface area contributed by atoms with Crippen molar-refractivity contribution in [3.8, 4) is 0 Å². The lowest BCUT2D eigenvalue weighted by atomic mass is 10.2. The standard InChI is InChI=1S/C9H8FN3OS/c1-12-9(14)8-7(11)6-4(10)2-13-3-5(6)15-8/h2-3H,11H2,1H3,(H,12,14). The lowest BCUT2D eigenvalue weighted by Gasteiger charge is -1.96. The van der Waals surface area contributed by atoms with Gasteiger partial charge in [0.05, 0.1) is 22.0 Å². The third kappa shape index (κ3) is 1.42. The minimum absolute atomic E-state index is 0.175. The molecule has 4 nitrogen and oxygen atoms in total. The lowest BCUT2D eigenvalue weighted by Crippen LogP contribution is -2.17. The van der Waals surface area contributed by atoms with Crippen LogP contribution in [0.2, 0.25) is 0 Å². The third-order valence-electron chi connectivity index (χ3n) is 2.02. The van der Waals surface area contributed by atoms with Gasteiger partial charge in [-0.05, 0) is 0 Å². The summed E-state index contributed by atoms with van der Waals surface area (Å²) in [6, 6.07) is 0. The quantitative estimate of drug-likeness (QED) is 0.770. The summed E-state index contributed by atoms with van der Waals surface area (Å²) in [5.41, 5.74) is 5.87. The molecule has 0 aliphatic heterocycles. The highest BCUT2D eigenvalue weighted by atomic mass is 32.1. The number of carbonyl (C=O) groups excluding carboxylic acids is 1. The normalized spacial score (nSPS) is 10.5. The number of amides is 1. The molecule has 78 valence electrons. The number of rotatable bonds is 1. The van der Waals surface area contributed by atoms with Crippen LogP contribution in [-0.2, 0) is 0 Å². The Kier molecular flexibility index (Phi) is 2.28. The smallest absolute Gasteiger partial charge is 0.263 e. The molecule has 0 fully saturated rings. The van der Waals surface area contributed by atoms with E-state index in [0.717, 1.165) is 17.5 Å². The summed E-state index contributed by atoms with van der Waals surface area (Å²) in [6.07, 6.45) is 2.57. The summed E-state index contributed by atoms with van der Waals surface area (Å²) in [5.74, 6) is -0.815. The Balaban J connectivity index is 2.75. The van der Waals surface area contributed by atoms with Gasteiger partial charge >= 0.3 is 0 Å². The molecule has 0 spiro atoms. The van der Waals surface area contributed by atoms with E-state index in [1.807, 2.05) is 0 Å². The van der Waals surface area contributed by atoms with E-state index in [-0.39, 0.29) is 17.0 Å². The molecule has 3 N–H and O–H groups in total. The van der Waals surface area contributed by atoms with Crippen LogP contribution in [0.3, 0.4) is 0 Å². The van der Waals surface area contributed by atoms with Crippen molar-refractivity contribution in [2.75, 3.05) is 12.8 Å². The molecule has 0 bridgehead atoms. The summed E-state index contributed by atoms with van der Waals surface area (Å²) >= 11 is 1.13. The molecule has 0 aliphatic rings. The molecule has 0 aromatic carbocycles. The number of nitrogens with zero attached hydrogens (tertiary/aromatic N) is 1. The van der Waals surface area contributed by atoms with Gasteiger partial charge < -0.3 is 11.1 Å². The number of fused-ring (bicyclic) bond motifs is 1. The average Bonchev–Trinajstić information content (AvgIpc) is 2.56. The van der Waals surface area contributed by atoms with Crippen LogP contribution < -0.4 is 11.1 Å². The number of thiophene rings is 1. The van der Waals surface area contributed by atoms with Crippen LogP contribution in [0.1, 0.15) is 9.67 Å². The number of nitrogens with two attached hydrogens (primary N) is 1. The highest BCUT2D eigenvalue weighted by Crippen LogP contribution is 2.34. The second kappa shape index (κ2) is 3.47.